The highest BCUT2D eigenvalue weighted by molar-refractivity contribution is 9.10. The summed E-state index contributed by atoms with van der Waals surface area (Å²) in [5.74, 6) is 0. The van der Waals surface area contributed by atoms with Crippen molar-refractivity contribution in [2.75, 3.05) is 6.54 Å². The summed E-state index contributed by atoms with van der Waals surface area (Å²) < 4.78 is 3.06. The number of nitrogens with zero attached hydrogens (tertiary/aromatic N) is 2. The van der Waals surface area contributed by atoms with Crippen molar-refractivity contribution in [1.29, 1.82) is 0 Å². The monoisotopic (exact) mass is 253 g/mol. The minimum atomic E-state index is 0.717. The van der Waals surface area contributed by atoms with Crippen LogP contribution >= 0.6 is 15.9 Å². The lowest BCUT2D eigenvalue weighted by molar-refractivity contribution is 0.816. The quantitative estimate of drug-likeness (QED) is 0.851. The molecule has 74 valence electrons. The fraction of sp³-hybridized carbons (Fsp3) is 0.300. The highest BCUT2D eigenvalue weighted by atomic mass is 79.9. The summed E-state index contributed by atoms with van der Waals surface area (Å²) in [6.45, 7) is 0.717. The highest BCUT2D eigenvalue weighted by Crippen LogP contribution is 2.14. The Balaban J connectivity index is 2.36. The maximum atomic E-state index is 5.46. The molecule has 4 heteroatoms. The van der Waals surface area contributed by atoms with Crippen LogP contribution in [0.15, 0.2) is 29.0 Å². The van der Waals surface area contributed by atoms with Gasteiger partial charge in [0.15, 0.2) is 0 Å². The third-order valence-corrected chi connectivity index (χ3v) is 2.78. The fourth-order valence-corrected chi connectivity index (χ4v) is 1.87. The Labute approximate surface area is 91.1 Å². The van der Waals surface area contributed by atoms with E-state index in [9.17, 15) is 0 Å². The van der Waals surface area contributed by atoms with Crippen molar-refractivity contribution in [3.63, 3.8) is 0 Å². The zero-order chi connectivity index (χ0) is 9.97. The van der Waals surface area contributed by atoms with Gasteiger partial charge in [-0.15, -0.1) is 0 Å². The predicted octanol–water partition coefficient (Wildman–Crippen LogP) is 1.99. The van der Waals surface area contributed by atoms with Gasteiger partial charge in [0.25, 0.3) is 0 Å². The van der Waals surface area contributed by atoms with Gasteiger partial charge in [-0.3, -0.25) is 4.40 Å². The van der Waals surface area contributed by atoms with Crippen molar-refractivity contribution >= 4 is 21.6 Å². The molecule has 3 nitrogen and oxygen atoms in total. The fourth-order valence-electron chi connectivity index (χ4n) is 1.43. The first-order chi connectivity index (χ1) is 6.81. The molecule has 0 aromatic carbocycles. The second kappa shape index (κ2) is 4.11. The first-order valence-corrected chi connectivity index (χ1v) is 5.43. The number of aromatic nitrogens is 2. The van der Waals surface area contributed by atoms with Crippen LogP contribution in [0.3, 0.4) is 0 Å². The maximum absolute atomic E-state index is 5.46. The number of hydrogen-bond donors (Lipinski definition) is 1. The Morgan fingerprint density at radius 3 is 3.00 bits per heavy atom. The minimum absolute atomic E-state index is 0.717. The van der Waals surface area contributed by atoms with Crippen LogP contribution < -0.4 is 5.73 Å². The van der Waals surface area contributed by atoms with Gasteiger partial charge in [-0.2, -0.15) is 0 Å². The van der Waals surface area contributed by atoms with Crippen LogP contribution in [-0.4, -0.2) is 15.9 Å². The van der Waals surface area contributed by atoms with Gasteiger partial charge in [0.1, 0.15) is 5.65 Å². The number of rotatable bonds is 3. The van der Waals surface area contributed by atoms with E-state index in [-0.39, 0.29) is 0 Å². The van der Waals surface area contributed by atoms with Gasteiger partial charge < -0.3 is 5.73 Å². The van der Waals surface area contributed by atoms with E-state index in [2.05, 4.69) is 27.1 Å². The molecule has 0 unspecified atom stereocenters. The van der Waals surface area contributed by atoms with E-state index in [1.54, 1.807) is 0 Å². The molecule has 0 radical (unpaired) electrons. The van der Waals surface area contributed by atoms with E-state index in [1.807, 2.05) is 22.6 Å². The third-order valence-electron chi connectivity index (χ3n) is 2.13. The Hall–Kier alpha value is -0.870. The van der Waals surface area contributed by atoms with Crippen molar-refractivity contribution in [3.8, 4) is 0 Å². The molecule has 2 heterocycles. The standard InChI is InChI=1S/C10H12BrN3/c11-9-4-1-5-10-13-8(3-2-6-12)7-14(9)10/h1,4-5,7H,2-3,6,12H2. The Morgan fingerprint density at radius 1 is 1.43 bits per heavy atom. The maximum Gasteiger partial charge on any atom is 0.137 e. The summed E-state index contributed by atoms with van der Waals surface area (Å²) in [6.07, 6.45) is 3.99. The van der Waals surface area contributed by atoms with Gasteiger partial charge in [-0.05, 0) is 47.4 Å². The molecule has 0 fully saturated rings. The Morgan fingerprint density at radius 2 is 2.29 bits per heavy atom. The number of halogens is 1. The van der Waals surface area contributed by atoms with E-state index in [4.69, 9.17) is 5.73 Å². The predicted molar refractivity (Wildman–Crippen MR) is 60.3 cm³/mol. The molecule has 2 aromatic heterocycles. The zero-order valence-corrected chi connectivity index (χ0v) is 9.37. The van der Waals surface area contributed by atoms with Gasteiger partial charge in [0, 0.05) is 6.20 Å². The van der Waals surface area contributed by atoms with E-state index in [0.717, 1.165) is 35.3 Å². The van der Waals surface area contributed by atoms with E-state index in [0.29, 0.717) is 0 Å². The summed E-state index contributed by atoms with van der Waals surface area (Å²) in [7, 11) is 0. The molecular formula is C10H12BrN3. The molecule has 0 aliphatic rings. The molecule has 2 N–H and O–H groups in total. The molecule has 0 saturated carbocycles. The lowest BCUT2D eigenvalue weighted by Gasteiger charge is -1.94. The molecule has 2 aromatic rings. The molecule has 0 atom stereocenters. The van der Waals surface area contributed by atoms with E-state index < -0.39 is 0 Å². The summed E-state index contributed by atoms with van der Waals surface area (Å²) in [4.78, 5) is 4.49. The summed E-state index contributed by atoms with van der Waals surface area (Å²) in [5, 5.41) is 0. The second-order valence-corrected chi connectivity index (χ2v) is 4.01. The number of hydrogen-bond acceptors (Lipinski definition) is 2. The Bertz CT molecular complexity index is 436. The van der Waals surface area contributed by atoms with Gasteiger partial charge in [0.2, 0.25) is 0 Å². The van der Waals surface area contributed by atoms with Crippen LogP contribution in [0.2, 0.25) is 0 Å². The molecule has 0 aliphatic heterocycles. The average Bonchev–Trinajstić information content (AvgIpc) is 2.59. The number of pyridine rings is 1. The van der Waals surface area contributed by atoms with Gasteiger partial charge in [-0.1, -0.05) is 6.07 Å². The molecule has 0 saturated heterocycles. The number of imidazole rings is 1. The second-order valence-electron chi connectivity index (χ2n) is 3.20. The molecule has 14 heavy (non-hydrogen) atoms. The minimum Gasteiger partial charge on any atom is -0.330 e. The van der Waals surface area contributed by atoms with Crippen LogP contribution in [0.5, 0.6) is 0 Å². The van der Waals surface area contributed by atoms with Crippen molar-refractivity contribution in [1.82, 2.24) is 9.38 Å². The smallest absolute Gasteiger partial charge is 0.137 e. The lowest BCUT2D eigenvalue weighted by Crippen LogP contribution is -2.00. The zero-order valence-electron chi connectivity index (χ0n) is 7.78. The van der Waals surface area contributed by atoms with Gasteiger partial charge in [-0.25, -0.2) is 4.98 Å². The van der Waals surface area contributed by atoms with Crippen molar-refractivity contribution in [2.24, 2.45) is 5.73 Å². The molecule has 0 aliphatic carbocycles. The molecule has 0 spiro atoms. The Kier molecular flexibility index (Phi) is 2.84. The normalized spacial score (nSPS) is 11.0. The highest BCUT2D eigenvalue weighted by Gasteiger charge is 2.02. The topological polar surface area (TPSA) is 43.3 Å². The number of fused-ring (bicyclic) bond motifs is 1. The van der Waals surface area contributed by atoms with Crippen LogP contribution in [0, 0.1) is 0 Å². The van der Waals surface area contributed by atoms with E-state index >= 15 is 0 Å². The molecular weight excluding hydrogens is 242 g/mol. The molecule has 0 amide bonds. The third kappa shape index (κ3) is 1.81. The van der Waals surface area contributed by atoms with Gasteiger partial charge >= 0.3 is 0 Å². The van der Waals surface area contributed by atoms with Crippen LogP contribution in [0.25, 0.3) is 5.65 Å². The summed E-state index contributed by atoms with van der Waals surface area (Å²) >= 11 is 3.48. The first-order valence-electron chi connectivity index (χ1n) is 4.64. The summed E-state index contributed by atoms with van der Waals surface area (Å²) in [6, 6.07) is 5.98. The molecule has 2 rings (SSSR count). The largest absolute Gasteiger partial charge is 0.330 e. The average molecular weight is 254 g/mol. The lowest BCUT2D eigenvalue weighted by atomic mass is 10.2. The van der Waals surface area contributed by atoms with Crippen LogP contribution in [0.1, 0.15) is 12.1 Å². The summed E-state index contributed by atoms with van der Waals surface area (Å²) in [5.41, 5.74) is 7.53. The van der Waals surface area contributed by atoms with Crippen molar-refractivity contribution in [3.05, 3.63) is 34.7 Å². The van der Waals surface area contributed by atoms with Crippen LogP contribution in [-0.2, 0) is 6.42 Å². The number of nitrogens with two attached hydrogens (primary N) is 1. The SMILES string of the molecule is NCCCc1cn2c(Br)cccc2n1. The van der Waals surface area contributed by atoms with E-state index in [1.165, 1.54) is 0 Å². The first kappa shape index (κ1) is 9.68. The van der Waals surface area contributed by atoms with Gasteiger partial charge in [0.05, 0.1) is 10.3 Å². The number of aryl methyl sites for hydroxylation is 1. The van der Waals surface area contributed by atoms with Crippen molar-refractivity contribution in [2.45, 2.75) is 12.8 Å². The van der Waals surface area contributed by atoms with Crippen molar-refractivity contribution < 1.29 is 0 Å². The van der Waals surface area contributed by atoms with Crippen LogP contribution in [0.4, 0.5) is 0 Å². The molecule has 0 bridgehead atoms.